The van der Waals surface area contributed by atoms with Gasteiger partial charge in [-0.3, -0.25) is 4.79 Å². The average molecular weight is 405 g/mol. The Bertz CT molecular complexity index is 1060. The van der Waals surface area contributed by atoms with Crippen molar-refractivity contribution in [2.24, 2.45) is 0 Å². The van der Waals surface area contributed by atoms with Crippen LogP contribution in [0.2, 0.25) is 0 Å². The molecule has 29 heavy (non-hydrogen) atoms. The third-order valence-electron chi connectivity index (χ3n) is 4.10. The van der Waals surface area contributed by atoms with Crippen LogP contribution >= 0.6 is 0 Å². The van der Waals surface area contributed by atoms with E-state index in [1.807, 2.05) is 0 Å². The molecule has 0 bridgehead atoms. The molecule has 1 aromatic carbocycles. The van der Waals surface area contributed by atoms with E-state index >= 15 is 0 Å². The number of nitrogens with zero attached hydrogens (tertiary/aromatic N) is 2. The Balaban J connectivity index is 1.81. The van der Waals surface area contributed by atoms with Crippen molar-refractivity contribution in [3.63, 3.8) is 0 Å². The molecular weight excluding hydrogens is 387 g/mol. The predicted octanol–water partition coefficient (Wildman–Crippen LogP) is 4.58. The molecule has 2 heterocycles. The standard InChI is InChI=1S/C20H18F3N3O3/c1-11(12(2)27)8-24-9-14-4-6-16(19-18(14)26-13(3)28-19)29-15-5-7-17(25-10-15)20(21,22)23/h4-7,10,24H,1,8-9H2,2-3H3. The van der Waals surface area contributed by atoms with Crippen LogP contribution < -0.4 is 10.1 Å². The molecule has 3 aromatic rings. The second-order valence-electron chi connectivity index (χ2n) is 6.38. The molecular formula is C20H18F3N3O3. The monoisotopic (exact) mass is 405 g/mol. The molecule has 0 spiro atoms. The second-order valence-corrected chi connectivity index (χ2v) is 6.38. The Morgan fingerprint density at radius 2 is 2.03 bits per heavy atom. The van der Waals surface area contributed by atoms with Gasteiger partial charge in [0.25, 0.3) is 0 Å². The molecule has 2 aromatic heterocycles. The van der Waals surface area contributed by atoms with Crippen molar-refractivity contribution < 1.29 is 27.1 Å². The number of carbonyl (C=O) groups excluding carboxylic acids is 1. The molecule has 152 valence electrons. The number of fused-ring (bicyclic) bond motifs is 1. The number of aromatic nitrogens is 2. The summed E-state index contributed by atoms with van der Waals surface area (Å²) < 4.78 is 49.2. The van der Waals surface area contributed by atoms with E-state index in [1.54, 1.807) is 19.1 Å². The maximum Gasteiger partial charge on any atom is 0.433 e. The van der Waals surface area contributed by atoms with Crippen LogP contribution in [0.3, 0.4) is 0 Å². The van der Waals surface area contributed by atoms with E-state index in [2.05, 4.69) is 21.9 Å². The van der Waals surface area contributed by atoms with Crippen molar-refractivity contribution in [2.75, 3.05) is 6.54 Å². The first-order chi connectivity index (χ1) is 13.6. The Labute approximate surface area is 164 Å². The van der Waals surface area contributed by atoms with E-state index in [-0.39, 0.29) is 11.5 Å². The van der Waals surface area contributed by atoms with E-state index in [0.29, 0.717) is 41.4 Å². The number of halogens is 3. The number of Topliss-reactive ketones (excluding diaryl/α,β-unsaturated/α-hetero) is 1. The van der Waals surface area contributed by atoms with Crippen molar-refractivity contribution in [3.05, 3.63) is 59.8 Å². The summed E-state index contributed by atoms with van der Waals surface area (Å²) in [6, 6.07) is 5.44. The summed E-state index contributed by atoms with van der Waals surface area (Å²) in [4.78, 5) is 19.0. The first kappa shape index (κ1) is 20.5. The van der Waals surface area contributed by atoms with Gasteiger partial charge in [0.2, 0.25) is 0 Å². The van der Waals surface area contributed by atoms with Crippen LogP contribution in [0.15, 0.2) is 47.0 Å². The lowest BCUT2D eigenvalue weighted by Gasteiger charge is -2.10. The highest BCUT2D eigenvalue weighted by atomic mass is 19.4. The fraction of sp³-hybridized carbons (Fsp3) is 0.250. The highest BCUT2D eigenvalue weighted by Gasteiger charge is 2.32. The zero-order chi connectivity index (χ0) is 21.2. The molecule has 0 unspecified atom stereocenters. The molecule has 0 amide bonds. The smallest absolute Gasteiger partial charge is 0.433 e. The fourth-order valence-corrected chi connectivity index (χ4v) is 2.57. The minimum absolute atomic E-state index is 0.0890. The molecule has 0 aliphatic rings. The van der Waals surface area contributed by atoms with Gasteiger partial charge < -0.3 is 14.5 Å². The molecule has 0 saturated heterocycles. The van der Waals surface area contributed by atoms with Gasteiger partial charge in [-0.2, -0.15) is 13.2 Å². The fourth-order valence-electron chi connectivity index (χ4n) is 2.57. The number of hydrogen-bond donors (Lipinski definition) is 1. The van der Waals surface area contributed by atoms with Gasteiger partial charge in [0.05, 0.1) is 6.20 Å². The summed E-state index contributed by atoms with van der Waals surface area (Å²) in [7, 11) is 0. The lowest BCUT2D eigenvalue weighted by atomic mass is 10.1. The average Bonchev–Trinajstić information content (AvgIpc) is 3.05. The molecule has 1 N–H and O–H groups in total. The van der Waals surface area contributed by atoms with E-state index in [0.717, 1.165) is 17.8 Å². The van der Waals surface area contributed by atoms with Gasteiger partial charge in [0, 0.05) is 25.6 Å². The molecule has 0 atom stereocenters. The molecule has 0 aliphatic heterocycles. The highest BCUT2D eigenvalue weighted by molar-refractivity contribution is 5.93. The van der Waals surface area contributed by atoms with Crippen LogP contribution in [0, 0.1) is 6.92 Å². The lowest BCUT2D eigenvalue weighted by Crippen LogP contribution is -2.19. The van der Waals surface area contributed by atoms with E-state index in [9.17, 15) is 18.0 Å². The summed E-state index contributed by atoms with van der Waals surface area (Å²) in [6.45, 7) is 7.57. The van der Waals surface area contributed by atoms with Crippen LogP contribution in [0.25, 0.3) is 11.1 Å². The molecule has 0 radical (unpaired) electrons. The number of rotatable bonds is 7. The number of carbonyl (C=O) groups is 1. The number of ether oxygens (including phenoxy) is 1. The summed E-state index contributed by atoms with van der Waals surface area (Å²) in [5.41, 5.74) is 1.20. The number of alkyl halides is 3. The maximum absolute atomic E-state index is 12.6. The third-order valence-corrected chi connectivity index (χ3v) is 4.10. The molecule has 3 rings (SSSR count). The Kier molecular flexibility index (Phi) is 5.69. The maximum atomic E-state index is 12.6. The predicted molar refractivity (Wildman–Crippen MR) is 99.6 cm³/mol. The van der Waals surface area contributed by atoms with E-state index < -0.39 is 11.9 Å². The van der Waals surface area contributed by atoms with Gasteiger partial charge in [-0.25, -0.2) is 9.97 Å². The third kappa shape index (κ3) is 4.80. The number of benzene rings is 1. The van der Waals surface area contributed by atoms with Gasteiger partial charge >= 0.3 is 6.18 Å². The number of hydrogen-bond acceptors (Lipinski definition) is 6. The van der Waals surface area contributed by atoms with Crippen molar-refractivity contribution in [1.82, 2.24) is 15.3 Å². The van der Waals surface area contributed by atoms with Crippen LogP contribution in [0.1, 0.15) is 24.1 Å². The van der Waals surface area contributed by atoms with Gasteiger partial charge in [0.1, 0.15) is 17.0 Å². The second kappa shape index (κ2) is 8.04. The van der Waals surface area contributed by atoms with Gasteiger partial charge in [-0.1, -0.05) is 12.6 Å². The van der Waals surface area contributed by atoms with Crippen LogP contribution in [-0.2, 0) is 17.5 Å². The van der Waals surface area contributed by atoms with Gasteiger partial charge in [-0.05, 0) is 30.7 Å². The van der Waals surface area contributed by atoms with Crippen molar-refractivity contribution >= 4 is 16.9 Å². The summed E-state index contributed by atoms with van der Waals surface area (Å²) >= 11 is 0. The molecule has 6 nitrogen and oxygen atoms in total. The zero-order valence-corrected chi connectivity index (χ0v) is 15.8. The minimum Gasteiger partial charge on any atom is -0.452 e. The van der Waals surface area contributed by atoms with Crippen LogP contribution in [-0.4, -0.2) is 22.3 Å². The van der Waals surface area contributed by atoms with Crippen LogP contribution in [0.4, 0.5) is 13.2 Å². The topological polar surface area (TPSA) is 77.2 Å². The number of nitrogens with one attached hydrogen (secondary N) is 1. The number of ketones is 1. The van der Waals surface area contributed by atoms with E-state index in [1.165, 1.54) is 13.0 Å². The molecule has 0 fully saturated rings. The minimum atomic E-state index is -4.52. The quantitative estimate of drug-likeness (QED) is 0.580. The summed E-state index contributed by atoms with van der Waals surface area (Å²) in [5, 5.41) is 3.11. The van der Waals surface area contributed by atoms with E-state index in [4.69, 9.17) is 9.15 Å². The Morgan fingerprint density at radius 1 is 1.28 bits per heavy atom. The van der Waals surface area contributed by atoms with Gasteiger partial charge in [0.15, 0.2) is 23.0 Å². The SMILES string of the molecule is C=C(CNCc1ccc(Oc2ccc(C(F)(F)F)nc2)c2oc(C)nc12)C(C)=O. The molecule has 0 aliphatic carbocycles. The number of aryl methyl sites for hydroxylation is 1. The largest absolute Gasteiger partial charge is 0.452 e. The zero-order valence-electron chi connectivity index (χ0n) is 15.8. The Hall–Kier alpha value is -3.20. The lowest BCUT2D eigenvalue weighted by molar-refractivity contribution is -0.141. The van der Waals surface area contributed by atoms with Crippen molar-refractivity contribution in [1.29, 1.82) is 0 Å². The molecule has 9 heteroatoms. The summed E-state index contributed by atoms with van der Waals surface area (Å²) in [6.07, 6.45) is -3.52. The van der Waals surface area contributed by atoms with Crippen molar-refractivity contribution in [3.8, 4) is 11.5 Å². The number of pyridine rings is 1. The normalized spacial score (nSPS) is 11.6. The highest BCUT2D eigenvalue weighted by Crippen LogP contribution is 2.34. The van der Waals surface area contributed by atoms with Crippen molar-refractivity contribution in [2.45, 2.75) is 26.6 Å². The molecule has 0 saturated carbocycles. The first-order valence-corrected chi connectivity index (χ1v) is 8.64. The Morgan fingerprint density at radius 3 is 2.66 bits per heavy atom. The first-order valence-electron chi connectivity index (χ1n) is 8.64. The van der Waals surface area contributed by atoms with Crippen LogP contribution in [0.5, 0.6) is 11.5 Å². The summed E-state index contributed by atoms with van der Waals surface area (Å²) in [5.74, 6) is 0.765. The number of oxazole rings is 1. The van der Waals surface area contributed by atoms with Gasteiger partial charge in [-0.15, -0.1) is 0 Å².